The van der Waals surface area contributed by atoms with Gasteiger partial charge < -0.3 is 16.2 Å². The van der Waals surface area contributed by atoms with Crippen molar-refractivity contribution in [1.82, 2.24) is 0 Å². The summed E-state index contributed by atoms with van der Waals surface area (Å²) in [6.07, 6.45) is 0. The van der Waals surface area contributed by atoms with Gasteiger partial charge in [-0.3, -0.25) is 4.79 Å². The van der Waals surface area contributed by atoms with E-state index in [0.29, 0.717) is 16.4 Å². The number of rotatable bonds is 2. The standard InChI is InChI=1S/C13H10BrClN2O2/c14-7-1-4-11(10(16)5-7)17-13(19)9-3-2-8(15)6-12(9)18/h1-6,18H,16H2,(H,17,19). The van der Waals surface area contributed by atoms with Crippen LogP contribution in [0.4, 0.5) is 11.4 Å². The fourth-order valence-electron chi connectivity index (χ4n) is 1.53. The molecule has 0 radical (unpaired) electrons. The van der Waals surface area contributed by atoms with Crippen molar-refractivity contribution >= 4 is 44.8 Å². The van der Waals surface area contributed by atoms with Gasteiger partial charge in [-0.1, -0.05) is 27.5 Å². The first kappa shape index (κ1) is 13.7. The van der Waals surface area contributed by atoms with Gasteiger partial charge in [0.05, 0.1) is 16.9 Å². The van der Waals surface area contributed by atoms with Gasteiger partial charge in [-0.05, 0) is 36.4 Å². The molecule has 2 aromatic carbocycles. The van der Waals surface area contributed by atoms with E-state index in [9.17, 15) is 9.90 Å². The molecule has 0 bridgehead atoms. The van der Waals surface area contributed by atoms with Crippen molar-refractivity contribution in [2.45, 2.75) is 0 Å². The van der Waals surface area contributed by atoms with Crippen molar-refractivity contribution in [2.24, 2.45) is 0 Å². The molecule has 0 aliphatic carbocycles. The molecular formula is C13H10BrClN2O2. The Morgan fingerprint density at radius 3 is 2.63 bits per heavy atom. The summed E-state index contributed by atoms with van der Waals surface area (Å²) in [5.74, 6) is -0.635. The lowest BCUT2D eigenvalue weighted by atomic mass is 10.1. The summed E-state index contributed by atoms with van der Waals surface area (Å²) >= 11 is 8.99. The second-order valence-electron chi connectivity index (χ2n) is 3.85. The van der Waals surface area contributed by atoms with E-state index in [1.54, 1.807) is 18.2 Å². The predicted molar refractivity (Wildman–Crippen MR) is 79.6 cm³/mol. The number of nitrogen functional groups attached to an aromatic ring is 1. The third-order valence-corrected chi connectivity index (χ3v) is 3.19. The first-order valence-corrected chi connectivity index (χ1v) is 6.49. The Morgan fingerprint density at radius 1 is 1.26 bits per heavy atom. The SMILES string of the molecule is Nc1cc(Br)ccc1NC(=O)c1ccc(Cl)cc1O. The molecule has 0 heterocycles. The number of aromatic hydroxyl groups is 1. The molecule has 0 aromatic heterocycles. The lowest BCUT2D eigenvalue weighted by Crippen LogP contribution is -2.13. The van der Waals surface area contributed by atoms with Crippen molar-refractivity contribution < 1.29 is 9.90 Å². The zero-order valence-corrected chi connectivity index (χ0v) is 12.0. The van der Waals surface area contributed by atoms with Gasteiger partial charge in [0.15, 0.2) is 0 Å². The van der Waals surface area contributed by atoms with E-state index in [1.165, 1.54) is 18.2 Å². The molecule has 0 aliphatic heterocycles. The molecule has 0 unspecified atom stereocenters. The van der Waals surface area contributed by atoms with Crippen molar-refractivity contribution in [2.75, 3.05) is 11.1 Å². The van der Waals surface area contributed by atoms with Gasteiger partial charge in [-0.15, -0.1) is 0 Å². The molecule has 0 saturated carbocycles. The highest BCUT2D eigenvalue weighted by Gasteiger charge is 2.12. The second-order valence-corrected chi connectivity index (χ2v) is 5.20. The number of amides is 1. The normalized spacial score (nSPS) is 10.2. The Kier molecular flexibility index (Phi) is 3.97. The van der Waals surface area contributed by atoms with Gasteiger partial charge in [-0.2, -0.15) is 0 Å². The number of carbonyl (C=O) groups excluding carboxylic acids is 1. The maximum Gasteiger partial charge on any atom is 0.259 e. The first-order chi connectivity index (χ1) is 8.97. The summed E-state index contributed by atoms with van der Waals surface area (Å²) in [5, 5.41) is 12.7. The Balaban J connectivity index is 2.25. The van der Waals surface area contributed by atoms with Gasteiger partial charge in [0.1, 0.15) is 5.75 Å². The number of benzene rings is 2. The van der Waals surface area contributed by atoms with Crippen molar-refractivity contribution in [1.29, 1.82) is 0 Å². The van der Waals surface area contributed by atoms with Crippen LogP contribution in [0.1, 0.15) is 10.4 Å². The highest BCUT2D eigenvalue weighted by molar-refractivity contribution is 9.10. The molecule has 1 amide bonds. The maximum atomic E-state index is 12.0. The quantitative estimate of drug-likeness (QED) is 0.730. The number of phenolic OH excluding ortho intramolecular Hbond substituents is 1. The van der Waals surface area contributed by atoms with Crippen LogP contribution >= 0.6 is 27.5 Å². The monoisotopic (exact) mass is 340 g/mol. The minimum absolute atomic E-state index is 0.131. The molecule has 0 aliphatic rings. The average molecular weight is 342 g/mol. The fraction of sp³-hybridized carbons (Fsp3) is 0. The zero-order chi connectivity index (χ0) is 14.0. The van der Waals surface area contributed by atoms with Gasteiger partial charge in [0.25, 0.3) is 5.91 Å². The molecule has 4 nitrogen and oxygen atoms in total. The number of carbonyl (C=O) groups is 1. The van der Waals surface area contributed by atoms with E-state index in [2.05, 4.69) is 21.2 Å². The Hall–Kier alpha value is -1.72. The van der Waals surface area contributed by atoms with Crippen LogP contribution in [0.3, 0.4) is 0 Å². The number of nitrogens with two attached hydrogens (primary N) is 1. The molecule has 4 N–H and O–H groups in total. The molecule has 2 rings (SSSR count). The summed E-state index contributed by atoms with van der Waals surface area (Å²) in [6, 6.07) is 9.39. The lowest BCUT2D eigenvalue weighted by Gasteiger charge is -2.09. The summed E-state index contributed by atoms with van der Waals surface area (Å²) in [4.78, 5) is 12.0. The first-order valence-electron chi connectivity index (χ1n) is 5.32. The minimum Gasteiger partial charge on any atom is -0.507 e. The zero-order valence-electron chi connectivity index (χ0n) is 9.65. The molecule has 0 spiro atoms. The topological polar surface area (TPSA) is 75.3 Å². The second kappa shape index (κ2) is 5.50. The maximum absolute atomic E-state index is 12.0. The van der Waals surface area contributed by atoms with Crippen molar-refractivity contribution in [3.8, 4) is 5.75 Å². The summed E-state index contributed by atoms with van der Waals surface area (Å²) in [6.45, 7) is 0. The van der Waals surface area contributed by atoms with E-state index in [0.717, 1.165) is 4.47 Å². The average Bonchev–Trinajstić information content (AvgIpc) is 2.32. The molecule has 0 saturated heterocycles. The molecular weight excluding hydrogens is 332 g/mol. The highest BCUT2D eigenvalue weighted by atomic mass is 79.9. The van der Waals surface area contributed by atoms with E-state index in [1.807, 2.05) is 0 Å². The Labute approximate surface area is 123 Å². The summed E-state index contributed by atoms with van der Waals surface area (Å²) < 4.78 is 0.817. The number of hydrogen-bond acceptors (Lipinski definition) is 3. The van der Waals surface area contributed by atoms with Gasteiger partial charge in [0, 0.05) is 9.50 Å². The fourth-order valence-corrected chi connectivity index (χ4v) is 2.08. The van der Waals surface area contributed by atoms with Crippen LogP contribution in [0, 0.1) is 0 Å². The van der Waals surface area contributed by atoms with Crippen LogP contribution in [0.25, 0.3) is 0 Å². The lowest BCUT2D eigenvalue weighted by molar-refractivity contribution is 0.102. The number of anilines is 2. The van der Waals surface area contributed by atoms with Crippen LogP contribution in [0.2, 0.25) is 5.02 Å². The van der Waals surface area contributed by atoms with Crippen LogP contribution < -0.4 is 11.1 Å². The molecule has 98 valence electrons. The molecule has 0 atom stereocenters. The summed E-state index contributed by atoms with van der Waals surface area (Å²) in [7, 11) is 0. The number of halogens is 2. The van der Waals surface area contributed by atoms with Crippen molar-refractivity contribution in [3.63, 3.8) is 0 Å². The Bertz CT molecular complexity index is 647. The molecule has 19 heavy (non-hydrogen) atoms. The number of hydrogen-bond donors (Lipinski definition) is 3. The third-order valence-electron chi connectivity index (χ3n) is 2.47. The Morgan fingerprint density at radius 2 is 2.00 bits per heavy atom. The van der Waals surface area contributed by atoms with Crippen LogP contribution in [0.15, 0.2) is 40.9 Å². The third kappa shape index (κ3) is 3.19. The predicted octanol–water partition coefficient (Wildman–Crippen LogP) is 3.64. The molecule has 6 heteroatoms. The highest BCUT2D eigenvalue weighted by Crippen LogP contribution is 2.26. The van der Waals surface area contributed by atoms with Crippen LogP contribution in [-0.2, 0) is 0 Å². The number of phenols is 1. The van der Waals surface area contributed by atoms with Crippen LogP contribution in [0.5, 0.6) is 5.75 Å². The molecule has 0 fully saturated rings. The largest absolute Gasteiger partial charge is 0.507 e. The van der Waals surface area contributed by atoms with E-state index >= 15 is 0 Å². The van der Waals surface area contributed by atoms with E-state index in [4.69, 9.17) is 17.3 Å². The van der Waals surface area contributed by atoms with E-state index in [-0.39, 0.29) is 11.3 Å². The van der Waals surface area contributed by atoms with Crippen LogP contribution in [-0.4, -0.2) is 11.0 Å². The van der Waals surface area contributed by atoms with Gasteiger partial charge >= 0.3 is 0 Å². The number of nitrogens with one attached hydrogen (secondary N) is 1. The van der Waals surface area contributed by atoms with Gasteiger partial charge in [0.2, 0.25) is 0 Å². The minimum atomic E-state index is -0.455. The summed E-state index contributed by atoms with van der Waals surface area (Å²) in [5.41, 5.74) is 6.81. The smallest absolute Gasteiger partial charge is 0.259 e. The van der Waals surface area contributed by atoms with Gasteiger partial charge in [-0.25, -0.2) is 0 Å². The van der Waals surface area contributed by atoms with Crippen molar-refractivity contribution in [3.05, 3.63) is 51.5 Å². The van der Waals surface area contributed by atoms with E-state index < -0.39 is 5.91 Å². The molecule has 2 aromatic rings.